The first-order valence-corrected chi connectivity index (χ1v) is 10.8. The van der Waals surface area contributed by atoms with Crippen molar-refractivity contribution in [2.75, 3.05) is 13.2 Å². The molecule has 0 heterocycles. The number of halogens is 2. The van der Waals surface area contributed by atoms with E-state index < -0.39 is 42.4 Å². The highest BCUT2D eigenvalue weighted by Gasteiger charge is 2.42. The summed E-state index contributed by atoms with van der Waals surface area (Å²) < 4.78 is 33.7. The van der Waals surface area contributed by atoms with Crippen molar-refractivity contribution in [3.05, 3.63) is 59.7 Å². The Labute approximate surface area is 189 Å². The average molecular weight is 458 g/mol. The Bertz CT molecular complexity index is 1030. The van der Waals surface area contributed by atoms with E-state index in [4.69, 9.17) is 9.84 Å². The predicted molar refractivity (Wildman–Crippen MR) is 115 cm³/mol. The van der Waals surface area contributed by atoms with E-state index in [1.54, 1.807) is 0 Å². The lowest BCUT2D eigenvalue weighted by Gasteiger charge is -2.20. The van der Waals surface area contributed by atoms with E-state index >= 15 is 0 Å². The fourth-order valence-corrected chi connectivity index (χ4v) is 4.54. The van der Waals surface area contributed by atoms with Crippen molar-refractivity contribution in [1.82, 2.24) is 10.6 Å². The van der Waals surface area contributed by atoms with Crippen LogP contribution in [0.3, 0.4) is 0 Å². The third-order valence-corrected chi connectivity index (χ3v) is 6.25. The molecular weight excluding hydrogens is 434 g/mol. The summed E-state index contributed by atoms with van der Waals surface area (Å²) in [5, 5.41) is 13.1. The topological polar surface area (TPSA) is 105 Å². The third kappa shape index (κ3) is 4.81. The summed E-state index contributed by atoms with van der Waals surface area (Å²) in [6, 6.07) is 14.8. The van der Waals surface area contributed by atoms with Gasteiger partial charge in [0.2, 0.25) is 0 Å². The number of hydrogen-bond acceptors (Lipinski definition) is 4. The molecule has 2 aromatic rings. The van der Waals surface area contributed by atoms with Gasteiger partial charge in [0.05, 0.1) is 12.5 Å². The van der Waals surface area contributed by atoms with Crippen LogP contribution in [-0.2, 0) is 14.3 Å². The molecule has 0 radical (unpaired) electrons. The van der Waals surface area contributed by atoms with E-state index in [2.05, 4.69) is 5.32 Å². The molecule has 0 saturated heterocycles. The number of amides is 2. The Morgan fingerprint density at radius 1 is 1.00 bits per heavy atom. The van der Waals surface area contributed by atoms with Crippen LogP contribution in [0.25, 0.3) is 11.1 Å². The van der Waals surface area contributed by atoms with Gasteiger partial charge in [0.1, 0.15) is 6.61 Å². The van der Waals surface area contributed by atoms with E-state index in [1.165, 1.54) is 0 Å². The van der Waals surface area contributed by atoms with Gasteiger partial charge in [-0.2, -0.15) is 8.78 Å². The molecule has 1 fully saturated rings. The van der Waals surface area contributed by atoms with E-state index in [9.17, 15) is 23.2 Å². The van der Waals surface area contributed by atoms with E-state index in [0.29, 0.717) is 12.8 Å². The first kappa shape index (κ1) is 22.7. The Balaban J connectivity index is 1.29. The number of carbonyl (C=O) groups excluding carboxylic acids is 2. The highest BCUT2D eigenvalue weighted by Crippen LogP contribution is 2.44. The number of carboxylic acid groups (broad SMARTS) is 1. The van der Waals surface area contributed by atoms with Crippen molar-refractivity contribution in [3.63, 3.8) is 0 Å². The lowest BCUT2D eigenvalue weighted by atomic mass is 9.98. The first-order valence-electron chi connectivity index (χ1n) is 10.8. The van der Waals surface area contributed by atoms with Gasteiger partial charge in [-0.15, -0.1) is 0 Å². The molecule has 7 nitrogen and oxygen atoms in total. The molecule has 2 amide bonds. The van der Waals surface area contributed by atoms with Gasteiger partial charge in [-0.3, -0.25) is 9.59 Å². The summed E-state index contributed by atoms with van der Waals surface area (Å²) in [6.45, 7) is -1.25. The second-order valence-corrected chi connectivity index (χ2v) is 8.40. The van der Waals surface area contributed by atoms with Crippen molar-refractivity contribution in [1.29, 1.82) is 0 Å². The monoisotopic (exact) mass is 458 g/mol. The maximum absolute atomic E-state index is 14.2. The fourth-order valence-electron chi connectivity index (χ4n) is 4.54. The van der Waals surface area contributed by atoms with Gasteiger partial charge < -0.3 is 20.5 Å². The number of carbonyl (C=O) groups is 3. The number of carboxylic acids is 1. The van der Waals surface area contributed by atoms with Gasteiger partial charge in [-0.1, -0.05) is 48.5 Å². The molecule has 0 spiro atoms. The number of nitrogens with one attached hydrogen (secondary N) is 2. The molecule has 2 aliphatic carbocycles. The Kier molecular flexibility index (Phi) is 6.31. The zero-order valence-electron chi connectivity index (χ0n) is 17.7. The number of rotatable bonds is 7. The SMILES string of the molecule is O=C(NCC(F)(F)C(=O)N[C@@H]1CC[C@H](C(=O)O)C1)OCC1c2ccccc2-c2ccccc21. The minimum Gasteiger partial charge on any atom is -0.481 e. The first-order chi connectivity index (χ1) is 15.8. The summed E-state index contributed by atoms with van der Waals surface area (Å²) >= 11 is 0. The molecule has 174 valence electrons. The summed E-state index contributed by atoms with van der Waals surface area (Å²) in [6.07, 6.45) is -0.296. The molecule has 1 saturated carbocycles. The van der Waals surface area contributed by atoms with Crippen LogP contribution in [0.2, 0.25) is 0 Å². The average Bonchev–Trinajstić information content (AvgIpc) is 3.39. The number of benzene rings is 2. The molecule has 2 atom stereocenters. The molecule has 33 heavy (non-hydrogen) atoms. The number of hydrogen-bond donors (Lipinski definition) is 3. The van der Waals surface area contributed by atoms with Crippen molar-refractivity contribution in [3.8, 4) is 11.1 Å². The fraction of sp³-hybridized carbons (Fsp3) is 0.375. The van der Waals surface area contributed by atoms with E-state index in [0.717, 1.165) is 22.3 Å². The van der Waals surface area contributed by atoms with Gasteiger partial charge in [-0.05, 0) is 41.5 Å². The Hall–Kier alpha value is -3.49. The van der Waals surface area contributed by atoms with Gasteiger partial charge in [-0.25, -0.2) is 4.79 Å². The van der Waals surface area contributed by atoms with Crippen LogP contribution < -0.4 is 10.6 Å². The number of aliphatic carboxylic acids is 1. The van der Waals surface area contributed by atoms with Crippen molar-refractivity contribution in [2.24, 2.45) is 5.92 Å². The standard InChI is InChI=1S/C24H24F2N2O5/c25-24(26,22(31)28-15-10-9-14(11-15)21(29)30)13-27-23(32)33-12-20-18-7-3-1-5-16(18)17-6-2-4-8-19(17)20/h1-8,14-15,20H,9-13H2,(H,27,32)(H,28,31)(H,29,30)/t14-,15+/m0/s1. The quantitative estimate of drug-likeness (QED) is 0.589. The Morgan fingerprint density at radius 3 is 2.18 bits per heavy atom. The van der Waals surface area contributed by atoms with Crippen LogP contribution >= 0.6 is 0 Å². The van der Waals surface area contributed by atoms with Crippen molar-refractivity contribution < 1.29 is 33.0 Å². The summed E-state index contributed by atoms with van der Waals surface area (Å²) in [5.74, 6) is -7.26. The normalized spacial score (nSPS) is 19.5. The van der Waals surface area contributed by atoms with Crippen LogP contribution in [0.4, 0.5) is 13.6 Å². The highest BCUT2D eigenvalue weighted by atomic mass is 19.3. The van der Waals surface area contributed by atoms with Crippen molar-refractivity contribution >= 4 is 18.0 Å². The van der Waals surface area contributed by atoms with E-state index in [-0.39, 0.29) is 18.9 Å². The molecule has 2 aromatic carbocycles. The van der Waals surface area contributed by atoms with Crippen molar-refractivity contribution in [2.45, 2.75) is 37.1 Å². The predicted octanol–water partition coefficient (Wildman–Crippen LogP) is 3.53. The Morgan fingerprint density at radius 2 is 1.61 bits per heavy atom. The second kappa shape index (κ2) is 9.17. The minimum atomic E-state index is -3.85. The van der Waals surface area contributed by atoms with Crippen LogP contribution in [0.5, 0.6) is 0 Å². The van der Waals surface area contributed by atoms with E-state index in [1.807, 2.05) is 53.8 Å². The highest BCUT2D eigenvalue weighted by molar-refractivity contribution is 5.85. The molecule has 2 aliphatic rings. The number of alkyl carbamates (subject to hydrolysis) is 1. The zero-order valence-corrected chi connectivity index (χ0v) is 17.7. The molecule has 3 N–H and O–H groups in total. The third-order valence-electron chi connectivity index (χ3n) is 6.25. The lowest BCUT2D eigenvalue weighted by molar-refractivity contribution is -0.146. The number of fused-ring (bicyclic) bond motifs is 3. The van der Waals surface area contributed by atoms with Gasteiger partial charge in [0.15, 0.2) is 0 Å². The maximum atomic E-state index is 14.2. The van der Waals surface area contributed by atoms with Gasteiger partial charge >= 0.3 is 18.0 Å². The summed E-state index contributed by atoms with van der Waals surface area (Å²) in [5.41, 5.74) is 4.07. The molecule has 0 aromatic heterocycles. The zero-order chi connectivity index (χ0) is 23.6. The molecule has 0 bridgehead atoms. The van der Waals surface area contributed by atoms with Crippen LogP contribution in [0.15, 0.2) is 48.5 Å². The van der Waals surface area contributed by atoms with Crippen LogP contribution in [-0.4, -0.2) is 48.2 Å². The van der Waals surface area contributed by atoms with Crippen LogP contribution in [0.1, 0.15) is 36.3 Å². The number of alkyl halides is 2. The summed E-state index contributed by atoms with van der Waals surface area (Å²) in [4.78, 5) is 35.0. The minimum absolute atomic E-state index is 0.0315. The van der Waals surface area contributed by atoms with Crippen LogP contribution in [0, 0.1) is 5.92 Å². The van der Waals surface area contributed by atoms with Gasteiger partial charge in [0, 0.05) is 12.0 Å². The molecule has 9 heteroatoms. The summed E-state index contributed by atoms with van der Waals surface area (Å²) in [7, 11) is 0. The maximum Gasteiger partial charge on any atom is 0.407 e. The molecule has 0 aliphatic heterocycles. The molecular formula is C24H24F2N2O5. The molecule has 0 unspecified atom stereocenters. The van der Waals surface area contributed by atoms with Gasteiger partial charge in [0.25, 0.3) is 5.91 Å². The second-order valence-electron chi connectivity index (χ2n) is 8.40. The smallest absolute Gasteiger partial charge is 0.407 e. The lowest BCUT2D eigenvalue weighted by Crippen LogP contribution is -2.50. The molecule has 4 rings (SSSR count). The largest absolute Gasteiger partial charge is 0.481 e. The number of ether oxygens (including phenoxy) is 1.